The maximum atomic E-state index is 14.5. The van der Waals surface area contributed by atoms with Crippen LogP contribution in [0, 0.1) is 12.7 Å². The summed E-state index contributed by atoms with van der Waals surface area (Å²) in [5, 5.41) is 0.912. The summed E-state index contributed by atoms with van der Waals surface area (Å²) < 4.78 is 22.4. The molecule has 5 nitrogen and oxygen atoms in total. The molecular formula is C31H28ClFN2O3S. The molecule has 4 aromatic rings. The zero-order chi connectivity index (χ0) is 27.7. The molecule has 3 aromatic carbocycles. The van der Waals surface area contributed by atoms with Gasteiger partial charge in [-0.3, -0.25) is 14.5 Å². The third-order valence-electron chi connectivity index (χ3n) is 6.73. The van der Waals surface area contributed by atoms with E-state index >= 15 is 0 Å². The van der Waals surface area contributed by atoms with Crippen LogP contribution in [0.5, 0.6) is 5.75 Å². The first-order valence-corrected chi connectivity index (χ1v) is 13.9. The summed E-state index contributed by atoms with van der Waals surface area (Å²) in [6.45, 7) is 6.79. The Hall–Kier alpha value is -3.55. The largest absolute Gasteiger partial charge is 0.491 e. The highest BCUT2D eigenvalue weighted by Gasteiger charge is 2.35. The number of aryl methyl sites for hydroxylation is 1. The average Bonchev–Trinajstić information content (AvgIpc) is 3.38. The Balaban J connectivity index is 1.36. The Kier molecular flexibility index (Phi) is 7.82. The van der Waals surface area contributed by atoms with Crippen LogP contribution in [0.4, 0.5) is 9.18 Å². The molecule has 2 heterocycles. The van der Waals surface area contributed by atoms with Crippen molar-refractivity contribution in [3.8, 4) is 5.75 Å². The lowest BCUT2D eigenvalue weighted by atomic mass is 10.0. The maximum Gasteiger partial charge on any atom is 0.293 e. The van der Waals surface area contributed by atoms with E-state index in [0.717, 1.165) is 45.1 Å². The van der Waals surface area contributed by atoms with Crippen LogP contribution in [0.3, 0.4) is 0 Å². The van der Waals surface area contributed by atoms with E-state index in [-0.39, 0.29) is 42.6 Å². The van der Waals surface area contributed by atoms with Gasteiger partial charge in [0.15, 0.2) is 0 Å². The number of carbonyl (C=O) groups excluding carboxylic acids is 2. The first-order chi connectivity index (χ1) is 18.7. The molecule has 1 fully saturated rings. The van der Waals surface area contributed by atoms with Crippen molar-refractivity contribution >= 4 is 51.5 Å². The van der Waals surface area contributed by atoms with Gasteiger partial charge in [-0.05, 0) is 66.1 Å². The van der Waals surface area contributed by atoms with Crippen LogP contribution in [0.25, 0.3) is 17.0 Å². The van der Waals surface area contributed by atoms with E-state index < -0.39 is 0 Å². The summed E-state index contributed by atoms with van der Waals surface area (Å²) >= 11 is 7.18. The van der Waals surface area contributed by atoms with Crippen LogP contribution < -0.4 is 4.74 Å². The molecule has 8 heteroatoms. The molecule has 0 atom stereocenters. The van der Waals surface area contributed by atoms with Crippen LogP contribution in [-0.2, 0) is 11.3 Å². The highest BCUT2D eigenvalue weighted by Crippen LogP contribution is 2.35. The number of thioether (sulfide) groups is 1. The fraction of sp³-hybridized carbons (Fsp3) is 0.226. The number of amides is 2. The number of nitrogens with zero attached hydrogens (tertiary/aromatic N) is 2. The van der Waals surface area contributed by atoms with Gasteiger partial charge >= 0.3 is 0 Å². The number of imide groups is 1. The van der Waals surface area contributed by atoms with Gasteiger partial charge in [0.1, 0.15) is 18.2 Å². The van der Waals surface area contributed by atoms with Crippen molar-refractivity contribution in [2.24, 2.45) is 0 Å². The molecule has 2 amide bonds. The van der Waals surface area contributed by atoms with Gasteiger partial charge in [0, 0.05) is 33.2 Å². The molecular weight excluding hydrogens is 535 g/mol. The van der Waals surface area contributed by atoms with Crippen molar-refractivity contribution < 1.29 is 18.7 Å². The lowest BCUT2D eigenvalue weighted by Crippen LogP contribution is -2.32. The lowest BCUT2D eigenvalue weighted by molar-refractivity contribution is -0.123. The molecule has 1 saturated heterocycles. The van der Waals surface area contributed by atoms with Gasteiger partial charge in [0.25, 0.3) is 11.1 Å². The molecule has 0 radical (unpaired) electrons. The number of carbonyl (C=O) groups is 2. The molecule has 0 N–H and O–H groups in total. The fourth-order valence-electron chi connectivity index (χ4n) is 4.70. The highest BCUT2D eigenvalue weighted by atomic mass is 35.5. The molecule has 0 unspecified atom stereocenters. The third kappa shape index (κ3) is 5.60. The van der Waals surface area contributed by atoms with Crippen LogP contribution in [0.15, 0.2) is 71.8 Å². The summed E-state index contributed by atoms with van der Waals surface area (Å²) in [6.07, 6.45) is 3.58. The van der Waals surface area contributed by atoms with Crippen molar-refractivity contribution in [2.75, 3.05) is 13.2 Å². The molecule has 1 aliphatic heterocycles. The molecule has 0 bridgehead atoms. The number of para-hydroxylation sites is 1. The Morgan fingerprint density at radius 2 is 1.87 bits per heavy atom. The second-order valence-corrected chi connectivity index (χ2v) is 11.2. The van der Waals surface area contributed by atoms with Crippen molar-refractivity contribution in [3.63, 3.8) is 0 Å². The van der Waals surface area contributed by atoms with Gasteiger partial charge in [0.05, 0.1) is 18.0 Å². The second kappa shape index (κ2) is 11.3. The number of hydrogen-bond donors (Lipinski definition) is 0. The number of halogens is 2. The van der Waals surface area contributed by atoms with Crippen LogP contribution in [0.2, 0.25) is 5.02 Å². The van der Waals surface area contributed by atoms with Crippen molar-refractivity contribution in [1.82, 2.24) is 9.47 Å². The minimum atomic E-state index is -0.378. The second-order valence-electron chi connectivity index (χ2n) is 9.81. The predicted octanol–water partition coefficient (Wildman–Crippen LogP) is 8.03. The molecule has 1 aromatic heterocycles. The van der Waals surface area contributed by atoms with Crippen molar-refractivity contribution in [3.05, 3.63) is 105 Å². The van der Waals surface area contributed by atoms with E-state index in [4.69, 9.17) is 16.3 Å². The molecule has 39 heavy (non-hydrogen) atoms. The lowest BCUT2D eigenvalue weighted by Gasteiger charge is -2.17. The minimum absolute atomic E-state index is 0.154. The zero-order valence-corrected chi connectivity index (χ0v) is 23.5. The Bertz CT molecular complexity index is 1590. The van der Waals surface area contributed by atoms with Gasteiger partial charge in [-0.25, -0.2) is 4.39 Å². The third-order valence-corrected chi connectivity index (χ3v) is 7.99. The first kappa shape index (κ1) is 27.0. The predicted molar refractivity (Wildman–Crippen MR) is 156 cm³/mol. The van der Waals surface area contributed by atoms with Gasteiger partial charge < -0.3 is 9.30 Å². The monoisotopic (exact) mass is 562 g/mol. The normalized spacial score (nSPS) is 14.8. The smallest absolute Gasteiger partial charge is 0.293 e. The van der Waals surface area contributed by atoms with E-state index in [9.17, 15) is 14.0 Å². The summed E-state index contributed by atoms with van der Waals surface area (Å²) in [5.41, 5.74) is 4.19. The van der Waals surface area contributed by atoms with Gasteiger partial charge in [-0.15, -0.1) is 0 Å². The molecule has 200 valence electrons. The number of hydrogen-bond acceptors (Lipinski definition) is 4. The molecule has 0 saturated carbocycles. The topological polar surface area (TPSA) is 51.5 Å². The van der Waals surface area contributed by atoms with E-state index in [0.29, 0.717) is 15.5 Å². The van der Waals surface area contributed by atoms with Gasteiger partial charge in [-0.2, -0.15) is 0 Å². The van der Waals surface area contributed by atoms with Gasteiger partial charge in [-0.1, -0.05) is 61.8 Å². The summed E-state index contributed by atoms with van der Waals surface area (Å²) in [7, 11) is 0. The Morgan fingerprint density at radius 3 is 2.64 bits per heavy atom. The average molecular weight is 563 g/mol. The molecule has 5 rings (SSSR count). The quantitative estimate of drug-likeness (QED) is 0.204. The van der Waals surface area contributed by atoms with Crippen molar-refractivity contribution in [2.45, 2.75) is 33.2 Å². The van der Waals surface area contributed by atoms with E-state index in [2.05, 4.69) is 19.9 Å². The zero-order valence-electron chi connectivity index (χ0n) is 21.9. The standard InChI is InChI=1S/C31H28ClFN2O3S/c1-19(2)22-12-11-20(3)15-28(22)38-14-13-35-30(36)29(39-31(35)37)16-21-17-34(27-10-5-4-7-23(21)27)18-24-25(32)8-6-9-26(24)33/h4-12,15-17,19H,13-14,18H2,1-3H3/b29-16-. The molecule has 1 aliphatic rings. The van der Waals surface area contributed by atoms with Crippen LogP contribution in [0.1, 0.15) is 42.0 Å². The number of ether oxygens (including phenoxy) is 1. The maximum absolute atomic E-state index is 14.5. The number of aromatic nitrogens is 1. The highest BCUT2D eigenvalue weighted by molar-refractivity contribution is 8.18. The van der Waals surface area contributed by atoms with E-state index in [1.807, 2.05) is 54.1 Å². The molecule has 0 spiro atoms. The van der Waals surface area contributed by atoms with Crippen LogP contribution >= 0.6 is 23.4 Å². The number of fused-ring (bicyclic) bond motifs is 1. The minimum Gasteiger partial charge on any atom is -0.491 e. The van der Waals surface area contributed by atoms with E-state index in [1.165, 1.54) is 11.0 Å². The number of rotatable bonds is 8. The van der Waals surface area contributed by atoms with Crippen molar-refractivity contribution in [1.29, 1.82) is 0 Å². The first-order valence-electron chi connectivity index (χ1n) is 12.7. The SMILES string of the molecule is Cc1ccc(C(C)C)c(OCCN2C(=O)S/C(=C\c3cn(Cc4c(F)cccc4Cl)c4ccccc34)C2=O)c1. The fourth-order valence-corrected chi connectivity index (χ4v) is 5.78. The Labute approximate surface area is 236 Å². The Morgan fingerprint density at radius 1 is 1.08 bits per heavy atom. The van der Waals surface area contributed by atoms with Crippen LogP contribution in [-0.4, -0.2) is 33.8 Å². The summed E-state index contributed by atoms with van der Waals surface area (Å²) in [5.74, 6) is 0.333. The summed E-state index contributed by atoms with van der Waals surface area (Å²) in [6, 6.07) is 18.4. The van der Waals surface area contributed by atoms with Gasteiger partial charge in [0.2, 0.25) is 0 Å². The molecule has 0 aliphatic carbocycles. The number of benzene rings is 3. The summed E-state index contributed by atoms with van der Waals surface area (Å²) in [4.78, 5) is 27.5. The van der Waals surface area contributed by atoms with E-state index in [1.54, 1.807) is 18.2 Å².